The number of allylic oxidation sites excluding steroid dienone is 1. The van der Waals surface area contributed by atoms with E-state index in [4.69, 9.17) is 5.73 Å². The summed E-state index contributed by atoms with van der Waals surface area (Å²) in [5.74, 6) is 0. The molecule has 2 nitrogen and oxygen atoms in total. The molecule has 1 aromatic rings. The summed E-state index contributed by atoms with van der Waals surface area (Å²) in [7, 11) is 0. The van der Waals surface area contributed by atoms with Crippen molar-refractivity contribution in [3.63, 3.8) is 0 Å². The Balaban J connectivity index is 2.02. The first-order valence-electron chi connectivity index (χ1n) is 6.06. The summed E-state index contributed by atoms with van der Waals surface area (Å²) in [5, 5.41) is 3.42. The second kappa shape index (κ2) is 3.63. The highest BCUT2D eigenvalue weighted by Crippen LogP contribution is 2.42. The molecule has 0 unspecified atom stereocenters. The average molecular weight is 214 g/mol. The predicted octanol–water partition coefficient (Wildman–Crippen LogP) is 1.91. The minimum absolute atomic E-state index is 0.236. The first-order valence-corrected chi connectivity index (χ1v) is 6.06. The third-order valence-electron chi connectivity index (χ3n) is 4.07. The number of fused-ring (bicyclic) bond motifs is 1. The number of rotatable bonds is 0. The van der Waals surface area contributed by atoms with Crippen LogP contribution in [0.15, 0.2) is 30.0 Å². The fraction of sp³-hybridized carbons (Fsp3) is 0.429. The van der Waals surface area contributed by atoms with E-state index in [-0.39, 0.29) is 5.41 Å². The molecule has 2 heteroatoms. The highest BCUT2D eigenvalue weighted by molar-refractivity contribution is 5.61. The number of nitrogens with two attached hydrogens (primary N) is 1. The van der Waals surface area contributed by atoms with Crippen LogP contribution in [0.5, 0.6) is 0 Å². The predicted molar refractivity (Wildman–Crippen MR) is 66.8 cm³/mol. The third-order valence-corrected chi connectivity index (χ3v) is 4.07. The Hall–Kier alpha value is -1.28. The molecule has 3 rings (SSSR count). The van der Waals surface area contributed by atoms with Gasteiger partial charge in [0.05, 0.1) is 0 Å². The lowest BCUT2D eigenvalue weighted by Gasteiger charge is -2.41. The van der Waals surface area contributed by atoms with E-state index < -0.39 is 0 Å². The summed E-state index contributed by atoms with van der Waals surface area (Å²) in [4.78, 5) is 0. The van der Waals surface area contributed by atoms with Crippen LogP contribution >= 0.6 is 0 Å². The van der Waals surface area contributed by atoms with E-state index in [9.17, 15) is 0 Å². The summed E-state index contributed by atoms with van der Waals surface area (Å²) in [6.07, 6.45) is 5.64. The molecule has 3 N–H and O–H groups in total. The minimum atomic E-state index is 0.236. The van der Waals surface area contributed by atoms with Crippen LogP contribution < -0.4 is 11.1 Å². The SMILES string of the molecule is NC1=Cc2ccccc2CC12CCNCC2. The van der Waals surface area contributed by atoms with Gasteiger partial charge in [0.2, 0.25) is 0 Å². The van der Waals surface area contributed by atoms with Crippen molar-refractivity contribution in [3.05, 3.63) is 41.1 Å². The van der Waals surface area contributed by atoms with Crippen molar-refractivity contribution >= 4 is 6.08 Å². The lowest BCUT2D eigenvalue weighted by molar-refractivity contribution is 0.248. The summed E-state index contributed by atoms with van der Waals surface area (Å²) >= 11 is 0. The fourth-order valence-corrected chi connectivity index (χ4v) is 2.99. The highest BCUT2D eigenvalue weighted by Gasteiger charge is 2.37. The molecule has 16 heavy (non-hydrogen) atoms. The summed E-state index contributed by atoms with van der Waals surface area (Å²) in [5.41, 5.74) is 10.4. The molecule has 0 bridgehead atoms. The molecule has 1 aromatic carbocycles. The van der Waals surface area contributed by atoms with Gasteiger partial charge >= 0.3 is 0 Å². The highest BCUT2D eigenvalue weighted by atomic mass is 14.9. The maximum Gasteiger partial charge on any atom is 0.0163 e. The van der Waals surface area contributed by atoms with Gasteiger partial charge in [0.15, 0.2) is 0 Å². The van der Waals surface area contributed by atoms with Crippen molar-refractivity contribution < 1.29 is 0 Å². The Bertz CT molecular complexity index is 428. The van der Waals surface area contributed by atoms with Gasteiger partial charge in [0, 0.05) is 11.1 Å². The van der Waals surface area contributed by atoms with Crippen LogP contribution in [0.1, 0.15) is 24.0 Å². The second-order valence-electron chi connectivity index (χ2n) is 5.01. The number of hydrogen-bond donors (Lipinski definition) is 2. The molecule has 1 heterocycles. The maximum atomic E-state index is 6.29. The third kappa shape index (κ3) is 1.45. The smallest absolute Gasteiger partial charge is 0.0163 e. The molecular weight excluding hydrogens is 196 g/mol. The molecule has 0 atom stereocenters. The largest absolute Gasteiger partial charge is 0.402 e. The maximum absolute atomic E-state index is 6.29. The molecular formula is C14H18N2. The summed E-state index contributed by atoms with van der Waals surface area (Å²) in [6.45, 7) is 2.19. The molecule has 1 aliphatic carbocycles. The fourth-order valence-electron chi connectivity index (χ4n) is 2.99. The lowest BCUT2D eigenvalue weighted by atomic mass is 9.68. The van der Waals surface area contributed by atoms with Gasteiger partial charge in [-0.15, -0.1) is 0 Å². The van der Waals surface area contributed by atoms with Crippen LogP contribution in [0.25, 0.3) is 6.08 Å². The molecule has 1 aliphatic heterocycles. The van der Waals surface area contributed by atoms with E-state index >= 15 is 0 Å². The van der Waals surface area contributed by atoms with E-state index in [0.29, 0.717) is 0 Å². The van der Waals surface area contributed by atoms with Gasteiger partial charge in [-0.3, -0.25) is 0 Å². The first kappa shape index (κ1) is 9.91. The normalized spacial score (nSPS) is 22.6. The molecule has 0 aromatic heterocycles. The van der Waals surface area contributed by atoms with Crippen molar-refractivity contribution in [2.75, 3.05) is 13.1 Å². The molecule has 2 aliphatic rings. The molecule has 1 fully saturated rings. The molecule has 0 amide bonds. The van der Waals surface area contributed by atoms with E-state index in [2.05, 4.69) is 35.7 Å². The topological polar surface area (TPSA) is 38.0 Å². The van der Waals surface area contributed by atoms with E-state index in [1.165, 1.54) is 24.0 Å². The van der Waals surface area contributed by atoms with E-state index in [1.807, 2.05) is 0 Å². The Kier molecular flexibility index (Phi) is 2.25. The Morgan fingerprint density at radius 1 is 1.12 bits per heavy atom. The zero-order valence-electron chi connectivity index (χ0n) is 9.50. The van der Waals surface area contributed by atoms with Crippen LogP contribution in [-0.2, 0) is 6.42 Å². The Morgan fingerprint density at radius 3 is 2.69 bits per heavy atom. The van der Waals surface area contributed by atoms with Gasteiger partial charge in [-0.25, -0.2) is 0 Å². The molecule has 0 saturated carbocycles. The number of benzene rings is 1. The average Bonchev–Trinajstić information content (AvgIpc) is 2.32. The number of hydrogen-bond acceptors (Lipinski definition) is 2. The number of nitrogens with one attached hydrogen (secondary N) is 1. The Labute approximate surface area is 96.5 Å². The molecule has 0 radical (unpaired) electrons. The van der Waals surface area contributed by atoms with Gasteiger partial charge in [-0.1, -0.05) is 24.3 Å². The van der Waals surface area contributed by atoms with Gasteiger partial charge < -0.3 is 11.1 Å². The van der Waals surface area contributed by atoms with Crippen molar-refractivity contribution in [1.82, 2.24) is 5.32 Å². The van der Waals surface area contributed by atoms with Crippen LogP contribution in [-0.4, -0.2) is 13.1 Å². The van der Waals surface area contributed by atoms with Gasteiger partial charge in [0.1, 0.15) is 0 Å². The molecule has 1 saturated heterocycles. The van der Waals surface area contributed by atoms with E-state index in [0.717, 1.165) is 25.2 Å². The van der Waals surface area contributed by atoms with Crippen LogP contribution in [0.3, 0.4) is 0 Å². The van der Waals surface area contributed by atoms with Crippen LogP contribution in [0, 0.1) is 5.41 Å². The zero-order chi connectivity index (χ0) is 11.0. The molecule has 1 spiro atoms. The van der Waals surface area contributed by atoms with Crippen molar-refractivity contribution in [2.24, 2.45) is 11.1 Å². The number of piperidine rings is 1. The Morgan fingerprint density at radius 2 is 1.88 bits per heavy atom. The summed E-state index contributed by atoms with van der Waals surface area (Å²) < 4.78 is 0. The van der Waals surface area contributed by atoms with Gasteiger partial charge in [-0.05, 0) is 49.6 Å². The van der Waals surface area contributed by atoms with Gasteiger partial charge in [-0.2, -0.15) is 0 Å². The first-order chi connectivity index (χ1) is 7.80. The molecule has 84 valence electrons. The van der Waals surface area contributed by atoms with Crippen molar-refractivity contribution in [2.45, 2.75) is 19.3 Å². The van der Waals surface area contributed by atoms with Crippen LogP contribution in [0.4, 0.5) is 0 Å². The van der Waals surface area contributed by atoms with Crippen molar-refractivity contribution in [3.8, 4) is 0 Å². The minimum Gasteiger partial charge on any atom is -0.402 e. The summed E-state index contributed by atoms with van der Waals surface area (Å²) in [6, 6.07) is 8.62. The quantitative estimate of drug-likeness (QED) is 0.692. The van der Waals surface area contributed by atoms with Crippen LogP contribution in [0.2, 0.25) is 0 Å². The van der Waals surface area contributed by atoms with Gasteiger partial charge in [0.25, 0.3) is 0 Å². The lowest BCUT2D eigenvalue weighted by Crippen LogP contribution is -2.42. The monoisotopic (exact) mass is 214 g/mol. The zero-order valence-corrected chi connectivity index (χ0v) is 9.50. The van der Waals surface area contributed by atoms with E-state index in [1.54, 1.807) is 0 Å². The van der Waals surface area contributed by atoms with Crippen molar-refractivity contribution in [1.29, 1.82) is 0 Å². The standard InChI is InChI=1S/C14H18N2/c15-13-9-11-3-1-2-4-12(11)10-14(13)5-7-16-8-6-14/h1-4,9,16H,5-8,10,15H2. The second-order valence-corrected chi connectivity index (χ2v) is 5.01.